The lowest BCUT2D eigenvalue weighted by Crippen LogP contribution is -2.27. The lowest BCUT2D eigenvalue weighted by Gasteiger charge is -2.04. The number of hydrogen-bond donors (Lipinski definition) is 2. The molecule has 0 aromatic carbocycles. The van der Waals surface area contributed by atoms with Crippen LogP contribution >= 0.6 is 0 Å². The van der Waals surface area contributed by atoms with Gasteiger partial charge in [0, 0.05) is 24.9 Å². The fourth-order valence-corrected chi connectivity index (χ4v) is 1.22. The van der Waals surface area contributed by atoms with Gasteiger partial charge in [-0.1, -0.05) is 11.8 Å². The number of nitrogens with zero attached hydrogens (tertiary/aromatic N) is 1. The number of carbonyl (C=O) groups excluding carboxylic acids is 1. The Labute approximate surface area is 106 Å². The van der Waals surface area contributed by atoms with Gasteiger partial charge in [-0.2, -0.15) is 0 Å². The average molecular weight is 248 g/mol. The summed E-state index contributed by atoms with van der Waals surface area (Å²) in [6.45, 7) is 3.28. The van der Waals surface area contributed by atoms with Crippen molar-refractivity contribution in [2.75, 3.05) is 26.4 Å². The van der Waals surface area contributed by atoms with Gasteiger partial charge < -0.3 is 15.2 Å². The van der Waals surface area contributed by atoms with E-state index in [1.54, 1.807) is 12.1 Å². The average Bonchev–Trinajstić information content (AvgIpc) is 2.41. The van der Waals surface area contributed by atoms with Gasteiger partial charge in [-0.25, -0.2) is 4.98 Å². The van der Waals surface area contributed by atoms with E-state index in [9.17, 15) is 4.79 Å². The Bertz CT molecular complexity index is 432. The minimum atomic E-state index is -0.239. The van der Waals surface area contributed by atoms with Crippen molar-refractivity contribution in [2.45, 2.75) is 6.92 Å². The summed E-state index contributed by atoms with van der Waals surface area (Å²) in [7, 11) is 0. The molecule has 0 saturated carbocycles. The summed E-state index contributed by atoms with van der Waals surface area (Å²) >= 11 is 0. The van der Waals surface area contributed by atoms with E-state index in [0.717, 1.165) is 0 Å². The van der Waals surface area contributed by atoms with Gasteiger partial charge in [0.05, 0.1) is 6.61 Å². The maximum Gasteiger partial charge on any atom is 0.269 e. The van der Waals surface area contributed by atoms with Gasteiger partial charge in [0.25, 0.3) is 5.91 Å². The second-order valence-corrected chi connectivity index (χ2v) is 3.34. The smallest absolute Gasteiger partial charge is 0.269 e. The number of hydrogen-bond acceptors (Lipinski definition) is 4. The number of amides is 1. The van der Waals surface area contributed by atoms with Crippen LogP contribution in [-0.2, 0) is 4.74 Å². The van der Waals surface area contributed by atoms with Crippen LogP contribution in [0.2, 0.25) is 0 Å². The fraction of sp³-hybridized carbons (Fsp3) is 0.385. The van der Waals surface area contributed by atoms with Gasteiger partial charge in [0.1, 0.15) is 12.3 Å². The number of nitrogens with one attached hydrogen (secondary N) is 1. The van der Waals surface area contributed by atoms with Crippen LogP contribution in [0.25, 0.3) is 0 Å². The molecule has 5 nitrogen and oxygen atoms in total. The molecule has 0 aliphatic rings. The van der Waals surface area contributed by atoms with E-state index < -0.39 is 0 Å². The third-order valence-corrected chi connectivity index (χ3v) is 2.04. The van der Waals surface area contributed by atoms with Crippen molar-refractivity contribution in [1.29, 1.82) is 0 Å². The van der Waals surface area contributed by atoms with E-state index in [1.165, 1.54) is 6.20 Å². The number of pyridine rings is 1. The quantitative estimate of drug-likeness (QED) is 0.576. The summed E-state index contributed by atoms with van der Waals surface area (Å²) in [6, 6.07) is 3.28. The minimum Gasteiger partial charge on any atom is -0.384 e. The molecule has 0 atom stereocenters. The molecule has 0 aliphatic heterocycles. The Balaban J connectivity index is 2.48. The van der Waals surface area contributed by atoms with Gasteiger partial charge in [0.15, 0.2) is 0 Å². The van der Waals surface area contributed by atoms with Crippen molar-refractivity contribution in [2.24, 2.45) is 0 Å². The number of carbonyl (C=O) groups is 1. The first-order valence-electron chi connectivity index (χ1n) is 5.69. The zero-order valence-corrected chi connectivity index (χ0v) is 10.3. The Hall–Kier alpha value is -1.90. The monoisotopic (exact) mass is 248 g/mol. The maximum atomic E-state index is 11.6. The first kappa shape index (κ1) is 14.2. The Kier molecular flexibility index (Phi) is 6.47. The molecule has 1 rings (SSSR count). The molecule has 1 aromatic heterocycles. The zero-order chi connectivity index (χ0) is 13.2. The molecule has 0 bridgehead atoms. The summed E-state index contributed by atoms with van der Waals surface area (Å²) in [4.78, 5) is 15.6. The molecule has 0 radical (unpaired) electrons. The van der Waals surface area contributed by atoms with Crippen LogP contribution in [0.1, 0.15) is 23.0 Å². The predicted molar refractivity (Wildman–Crippen MR) is 67.0 cm³/mol. The van der Waals surface area contributed by atoms with Crippen LogP contribution in [0.15, 0.2) is 18.3 Å². The van der Waals surface area contributed by atoms with Crippen LogP contribution in [0.3, 0.4) is 0 Å². The molecule has 0 saturated heterocycles. The van der Waals surface area contributed by atoms with Gasteiger partial charge in [-0.05, 0) is 19.1 Å². The van der Waals surface area contributed by atoms with E-state index in [4.69, 9.17) is 9.84 Å². The lowest BCUT2D eigenvalue weighted by molar-refractivity contribution is 0.0918. The van der Waals surface area contributed by atoms with E-state index in [-0.39, 0.29) is 12.5 Å². The highest BCUT2D eigenvalue weighted by atomic mass is 16.5. The SMILES string of the molecule is CCOCCNC(=O)c1ccc(C#CCO)cn1. The first-order valence-corrected chi connectivity index (χ1v) is 5.69. The number of ether oxygens (including phenoxy) is 1. The number of aromatic nitrogens is 1. The van der Waals surface area contributed by atoms with E-state index in [0.29, 0.717) is 31.0 Å². The molecule has 96 valence electrons. The van der Waals surface area contributed by atoms with Gasteiger partial charge in [-0.3, -0.25) is 4.79 Å². The van der Waals surface area contributed by atoms with Crippen LogP contribution in [-0.4, -0.2) is 42.4 Å². The molecule has 0 unspecified atom stereocenters. The molecule has 1 heterocycles. The van der Waals surface area contributed by atoms with E-state index in [2.05, 4.69) is 22.1 Å². The van der Waals surface area contributed by atoms with E-state index >= 15 is 0 Å². The molecule has 0 aliphatic carbocycles. The van der Waals surface area contributed by atoms with E-state index in [1.807, 2.05) is 6.92 Å². The van der Waals surface area contributed by atoms with Gasteiger partial charge >= 0.3 is 0 Å². The van der Waals surface area contributed by atoms with Crippen LogP contribution < -0.4 is 5.32 Å². The van der Waals surface area contributed by atoms with Crippen molar-refractivity contribution in [1.82, 2.24) is 10.3 Å². The highest BCUT2D eigenvalue weighted by Crippen LogP contribution is 1.98. The van der Waals surface area contributed by atoms with Crippen LogP contribution in [0.5, 0.6) is 0 Å². The molecule has 1 amide bonds. The molecule has 18 heavy (non-hydrogen) atoms. The molecular weight excluding hydrogens is 232 g/mol. The predicted octanol–water partition coefficient (Wildman–Crippen LogP) is 0.192. The summed E-state index contributed by atoms with van der Waals surface area (Å²) in [5.74, 6) is 4.98. The number of aliphatic hydroxyl groups is 1. The Morgan fingerprint density at radius 2 is 2.39 bits per heavy atom. The zero-order valence-electron chi connectivity index (χ0n) is 10.3. The third kappa shape index (κ3) is 4.95. The third-order valence-electron chi connectivity index (χ3n) is 2.04. The Morgan fingerprint density at radius 3 is 3.00 bits per heavy atom. The summed E-state index contributed by atoms with van der Waals surface area (Å²) < 4.78 is 5.11. The maximum absolute atomic E-state index is 11.6. The fourth-order valence-electron chi connectivity index (χ4n) is 1.22. The largest absolute Gasteiger partial charge is 0.384 e. The topological polar surface area (TPSA) is 71.5 Å². The highest BCUT2D eigenvalue weighted by Gasteiger charge is 2.05. The highest BCUT2D eigenvalue weighted by molar-refractivity contribution is 5.92. The van der Waals surface area contributed by atoms with Crippen LogP contribution in [0.4, 0.5) is 0 Å². The minimum absolute atomic E-state index is 0.195. The number of aliphatic hydroxyl groups excluding tert-OH is 1. The van der Waals surface area contributed by atoms with Crippen molar-refractivity contribution in [3.8, 4) is 11.8 Å². The Morgan fingerprint density at radius 1 is 1.56 bits per heavy atom. The second-order valence-electron chi connectivity index (χ2n) is 3.34. The summed E-state index contributed by atoms with van der Waals surface area (Å²) in [5, 5.41) is 11.2. The lowest BCUT2D eigenvalue weighted by atomic mass is 10.2. The molecule has 5 heteroatoms. The van der Waals surface area contributed by atoms with Crippen molar-refractivity contribution in [3.63, 3.8) is 0 Å². The van der Waals surface area contributed by atoms with Crippen molar-refractivity contribution < 1.29 is 14.6 Å². The standard InChI is InChI=1S/C13H16N2O3/c1-2-18-9-7-14-13(17)12-6-5-11(10-15-12)4-3-8-16/h5-6,10,16H,2,7-9H2,1H3,(H,14,17). The summed E-state index contributed by atoms with van der Waals surface area (Å²) in [5.41, 5.74) is 0.996. The van der Waals surface area contributed by atoms with Crippen molar-refractivity contribution >= 4 is 5.91 Å². The number of rotatable bonds is 5. The summed E-state index contributed by atoms with van der Waals surface area (Å²) in [6.07, 6.45) is 1.50. The molecule has 0 spiro atoms. The van der Waals surface area contributed by atoms with Gasteiger partial charge in [0.2, 0.25) is 0 Å². The first-order chi connectivity index (χ1) is 8.77. The van der Waals surface area contributed by atoms with Crippen LogP contribution in [0, 0.1) is 11.8 Å². The molecule has 1 aromatic rings. The van der Waals surface area contributed by atoms with Crippen molar-refractivity contribution in [3.05, 3.63) is 29.6 Å². The van der Waals surface area contributed by atoms with Gasteiger partial charge in [-0.15, -0.1) is 0 Å². The normalized spacial score (nSPS) is 9.44. The molecule has 2 N–H and O–H groups in total. The second kappa shape index (κ2) is 8.23. The molecular formula is C13H16N2O3. The molecule has 0 fully saturated rings.